The Kier molecular flexibility index (Phi) is 4.39. The van der Waals surface area contributed by atoms with E-state index in [4.69, 9.17) is 18.0 Å². The molecule has 2 aromatic rings. The molecule has 6 heteroatoms. The summed E-state index contributed by atoms with van der Waals surface area (Å²) in [6, 6.07) is 11.3. The Morgan fingerprint density at radius 3 is 2.38 bits per heavy atom. The van der Waals surface area contributed by atoms with E-state index in [1.165, 1.54) is 18.2 Å². The number of nitrogens with one attached hydrogen (secondary N) is 1. The number of carbonyl (C=O) groups is 1. The van der Waals surface area contributed by atoms with Crippen molar-refractivity contribution in [2.24, 2.45) is 5.73 Å². The van der Waals surface area contributed by atoms with E-state index in [1.54, 1.807) is 18.2 Å². The zero-order chi connectivity index (χ0) is 15.4. The fraction of sp³-hybridized carbons (Fsp3) is 0.0667. The minimum absolute atomic E-state index is 0.150. The van der Waals surface area contributed by atoms with Gasteiger partial charge in [0.2, 0.25) is 0 Å². The van der Waals surface area contributed by atoms with Gasteiger partial charge in [0.05, 0.1) is 0 Å². The van der Waals surface area contributed by atoms with Gasteiger partial charge in [-0.05, 0) is 23.8 Å². The lowest BCUT2D eigenvalue weighted by Gasteiger charge is -2.09. The lowest BCUT2D eigenvalue weighted by atomic mass is 10.1. The maximum atomic E-state index is 12.0. The van der Waals surface area contributed by atoms with Crippen molar-refractivity contribution in [1.82, 2.24) is 5.32 Å². The smallest absolute Gasteiger partial charge is 0.259 e. The van der Waals surface area contributed by atoms with Crippen LogP contribution in [-0.4, -0.2) is 21.1 Å². The topological polar surface area (TPSA) is 95.6 Å². The largest absolute Gasteiger partial charge is 0.507 e. The van der Waals surface area contributed by atoms with E-state index in [2.05, 4.69) is 5.32 Å². The van der Waals surface area contributed by atoms with Crippen LogP contribution in [0, 0.1) is 0 Å². The van der Waals surface area contributed by atoms with Gasteiger partial charge >= 0.3 is 0 Å². The second-order valence-corrected chi connectivity index (χ2v) is 4.86. The van der Waals surface area contributed by atoms with E-state index >= 15 is 0 Å². The first-order valence-electron chi connectivity index (χ1n) is 6.17. The van der Waals surface area contributed by atoms with Crippen LogP contribution in [0.1, 0.15) is 21.5 Å². The molecule has 0 heterocycles. The van der Waals surface area contributed by atoms with Gasteiger partial charge in [-0.15, -0.1) is 0 Å². The highest BCUT2D eigenvalue weighted by atomic mass is 32.1. The average Bonchev–Trinajstić information content (AvgIpc) is 2.45. The second kappa shape index (κ2) is 6.23. The average molecular weight is 302 g/mol. The molecular weight excluding hydrogens is 288 g/mol. The highest BCUT2D eigenvalue weighted by molar-refractivity contribution is 7.80. The Morgan fingerprint density at radius 2 is 1.76 bits per heavy atom. The number of phenolic OH excluding ortho intramolecular Hbond substituents is 2. The van der Waals surface area contributed by atoms with E-state index in [1.807, 2.05) is 6.07 Å². The van der Waals surface area contributed by atoms with Crippen molar-refractivity contribution in [3.05, 3.63) is 59.2 Å². The molecule has 0 spiro atoms. The normalized spacial score (nSPS) is 10.1. The molecule has 2 rings (SSSR count). The molecule has 0 unspecified atom stereocenters. The van der Waals surface area contributed by atoms with Gasteiger partial charge in [-0.3, -0.25) is 4.79 Å². The highest BCUT2D eigenvalue weighted by Crippen LogP contribution is 2.25. The van der Waals surface area contributed by atoms with Gasteiger partial charge in [0.1, 0.15) is 22.1 Å². The molecule has 0 fully saturated rings. The third kappa shape index (κ3) is 3.49. The number of rotatable bonds is 4. The zero-order valence-corrected chi connectivity index (χ0v) is 11.9. The first-order valence-corrected chi connectivity index (χ1v) is 6.57. The van der Waals surface area contributed by atoms with Crippen LogP contribution in [0.4, 0.5) is 0 Å². The molecule has 0 aliphatic carbocycles. The summed E-state index contributed by atoms with van der Waals surface area (Å²) in [5, 5.41) is 21.9. The maximum absolute atomic E-state index is 12.0. The molecule has 0 atom stereocenters. The van der Waals surface area contributed by atoms with Crippen molar-refractivity contribution in [2.45, 2.75) is 6.54 Å². The molecule has 0 saturated heterocycles. The summed E-state index contributed by atoms with van der Waals surface area (Å²) in [7, 11) is 0. The van der Waals surface area contributed by atoms with Crippen LogP contribution >= 0.6 is 12.2 Å². The molecule has 108 valence electrons. The van der Waals surface area contributed by atoms with Gasteiger partial charge in [-0.25, -0.2) is 0 Å². The molecular formula is C15H14N2O3S. The monoisotopic (exact) mass is 302 g/mol. The fourth-order valence-corrected chi connectivity index (χ4v) is 1.99. The maximum Gasteiger partial charge on any atom is 0.259 e. The van der Waals surface area contributed by atoms with E-state index in [9.17, 15) is 15.0 Å². The summed E-state index contributed by atoms with van der Waals surface area (Å²) >= 11 is 4.89. The minimum Gasteiger partial charge on any atom is -0.507 e. The van der Waals surface area contributed by atoms with Gasteiger partial charge in [0.25, 0.3) is 5.91 Å². The number of thiocarbonyl (C=S) groups is 1. The Balaban J connectivity index is 2.11. The van der Waals surface area contributed by atoms with E-state index < -0.39 is 5.91 Å². The number of hydrogen-bond acceptors (Lipinski definition) is 4. The number of hydrogen-bond donors (Lipinski definition) is 4. The van der Waals surface area contributed by atoms with E-state index in [-0.39, 0.29) is 28.6 Å². The summed E-state index contributed by atoms with van der Waals surface area (Å²) in [6.45, 7) is 0.225. The molecule has 1 amide bonds. The van der Waals surface area contributed by atoms with Gasteiger partial charge in [-0.2, -0.15) is 0 Å². The predicted molar refractivity (Wildman–Crippen MR) is 83.3 cm³/mol. The van der Waals surface area contributed by atoms with Gasteiger partial charge in [-0.1, -0.05) is 36.5 Å². The van der Waals surface area contributed by atoms with Crippen molar-refractivity contribution in [3.8, 4) is 11.5 Å². The SMILES string of the molecule is NC(=S)c1cccc(CNC(=O)c2c(O)cccc2O)c1. The number of aromatic hydroxyl groups is 2. The van der Waals surface area contributed by atoms with Crippen LogP contribution in [0.25, 0.3) is 0 Å². The number of carbonyl (C=O) groups excluding carboxylic acids is 1. The van der Waals surface area contributed by atoms with Crippen molar-refractivity contribution in [1.29, 1.82) is 0 Å². The van der Waals surface area contributed by atoms with Crippen LogP contribution < -0.4 is 11.1 Å². The Morgan fingerprint density at radius 1 is 1.14 bits per heavy atom. The van der Waals surface area contributed by atoms with Crippen LogP contribution in [0.2, 0.25) is 0 Å². The highest BCUT2D eigenvalue weighted by Gasteiger charge is 2.15. The Labute approximate surface area is 127 Å². The molecule has 0 aliphatic rings. The predicted octanol–water partition coefficient (Wildman–Crippen LogP) is 1.66. The van der Waals surface area contributed by atoms with Crippen LogP contribution in [0.3, 0.4) is 0 Å². The van der Waals surface area contributed by atoms with Crippen LogP contribution in [-0.2, 0) is 6.54 Å². The Bertz CT molecular complexity index is 681. The van der Waals surface area contributed by atoms with Crippen molar-refractivity contribution in [2.75, 3.05) is 0 Å². The second-order valence-electron chi connectivity index (χ2n) is 4.42. The number of benzene rings is 2. The van der Waals surface area contributed by atoms with Gasteiger partial charge < -0.3 is 21.3 Å². The molecule has 21 heavy (non-hydrogen) atoms. The third-order valence-electron chi connectivity index (χ3n) is 2.91. The molecule has 5 nitrogen and oxygen atoms in total. The third-order valence-corrected chi connectivity index (χ3v) is 3.15. The van der Waals surface area contributed by atoms with Crippen molar-refractivity contribution >= 4 is 23.1 Å². The molecule has 2 aromatic carbocycles. The summed E-state index contributed by atoms with van der Waals surface area (Å²) in [5.74, 6) is -1.11. The first-order chi connectivity index (χ1) is 9.99. The van der Waals surface area contributed by atoms with E-state index in [0.717, 1.165) is 5.56 Å². The molecule has 5 N–H and O–H groups in total. The molecule has 0 saturated carbocycles. The number of amides is 1. The lowest BCUT2D eigenvalue weighted by Crippen LogP contribution is -2.23. The summed E-state index contributed by atoms with van der Waals surface area (Å²) in [4.78, 5) is 12.3. The molecule has 0 aliphatic heterocycles. The minimum atomic E-state index is -0.564. The molecule has 0 bridgehead atoms. The number of nitrogens with two attached hydrogens (primary N) is 1. The fourth-order valence-electron chi connectivity index (χ4n) is 1.87. The Hall–Kier alpha value is -2.60. The standard InChI is InChI=1S/C15H14N2O3S/c16-14(21)10-4-1-3-9(7-10)8-17-15(20)13-11(18)5-2-6-12(13)19/h1-7,18-19H,8H2,(H2,16,21)(H,17,20). The molecule has 0 aromatic heterocycles. The molecule has 0 radical (unpaired) electrons. The zero-order valence-electron chi connectivity index (χ0n) is 11.0. The summed E-state index contributed by atoms with van der Waals surface area (Å²) in [5.41, 5.74) is 6.92. The first kappa shape index (κ1) is 14.8. The summed E-state index contributed by atoms with van der Waals surface area (Å²) in [6.07, 6.45) is 0. The van der Waals surface area contributed by atoms with Crippen LogP contribution in [0.5, 0.6) is 11.5 Å². The van der Waals surface area contributed by atoms with Gasteiger partial charge in [0, 0.05) is 12.1 Å². The van der Waals surface area contributed by atoms with Crippen LogP contribution in [0.15, 0.2) is 42.5 Å². The van der Waals surface area contributed by atoms with Crippen molar-refractivity contribution < 1.29 is 15.0 Å². The van der Waals surface area contributed by atoms with E-state index in [0.29, 0.717) is 5.56 Å². The lowest BCUT2D eigenvalue weighted by molar-refractivity contribution is 0.0945. The quantitative estimate of drug-likeness (QED) is 0.644. The summed E-state index contributed by atoms with van der Waals surface area (Å²) < 4.78 is 0. The van der Waals surface area contributed by atoms with Gasteiger partial charge in [0.15, 0.2) is 0 Å². The number of phenols is 2. The van der Waals surface area contributed by atoms with Crippen molar-refractivity contribution in [3.63, 3.8) is 0 Å².